The molecule has 1 heterocycles. The first-order valence-electron chi connectivity index (χ1n) is 5.16. The van der Waals surface area contributed by atoms with E-state index in [2.05, 4.69) is 0 Å². The van der Waals surface area contributed by atoms with Crippen LogP contribution in [0.15, 0.2) is 0 Å². The van der Waals surface area contributed by atoms with Crippen LogP contribution in [0.4, 0.5) is 4.79 Å². The van der Waals surface area contributed by atoms with E-state index in [9.17, 15) is 14.7 Å². The van der Waals surface area contributed by atoms with E-state index in [1.807, 2.05) is 6.92 Å². The van der Waals surface area contributed by atoms with Gasteiger partial charge >= 0.3 is 6.09 Å². The summed E-state index contributed by atoms with van der Waals surface area (Å²) in [6, 6.07) is -0.189. The van der Waals surface area contributed by atoms with Crippen LogP contribution in [0.3, 0.4) is 0 Å². The molecule has 1 aliphatic rings. The lowest BCUT2D eigenvalue weighted by Gasteiger charge is -2.23. The Labute approximate surface area is 89.0 Å². The molecule has 0 bridgehead atoms. The number of carbonyl (C=O) groups is 2. The molecule has 0 unspecified atom stereocenters. The Hall–Kier alpha value is -1.10. The number of rotatable bonds is 3. The minimum absolute atomic E-state index is 0.189. The normalized spacial score (nSPS) is 24.9. The van der Waals surface area contributed by atoms with Gasteiger partial charge in [-0.3, -0.25) is 4.79 Å². The van der Waals surface area contributed by atoms with E-state index in [1.54, 1.807) is 6.92 Å². The molecule has 15 heavy (non-hydrogen) atoms. The third-order valence-corrected chi connectivity index (χ3v) is 2.78. The molecule has 3 atom stereocenters. The fourth-order valence-electron chi connectivity index (χ4n) is 1.46. The van der Waals surface area contributed by atoms with Gasteiger partial charge in [0.1, 0.15) is 6.61 Å². The van der Waals surface area contributed by atoms with Crippen molar-refractivity contribution in [1.29, 1.82) is 0 Å². The summed E-state index contributed by atoms with van der Waals surface area (Å²) in [4.78, 5) is 24.3. The molecule has 0 spiro atoms. The van der Waals surface area contributed by atoms with Crippen LogP contribution in [0.25, 0.3) is 0 Å². The van der Waals surface area contributed by atoms with Gasteiger partial charge in [-0.05, 0) is 13.3 Å². The Morgan fingerprint density at radius 3 is 2.73 bits per heavy atom. The second-order valence-electron chi connectivity index (χ2n) is 3.88. The number of hydrogen-bond donors (Lipinski definition) is 1. The molecule has 1 N–H and O–H groups in total. The van der Waals surface area contributed by atoms with Gasteiger partial charge in [0.05, 0.1) is 18.1 Å². The summed E-state index contributed by atoms with van der Waals surface area (Å²) in [6.45, 7) is 5.28. The van der Waals surface area contributed by atoms with E-state index >= 15 is 0 Å². The van der Waals surface area contributed by atoms with Crippen molar-refractivity contribution in [3.63, 3.8) is 0 Å². The molecule has 5 heteroatoms. The van der Waals surface area contributed by atoms with Crippen LogP contribution in [0.5, 0.6) is 0 Å². The fourth-order valence-corrected chi connectivity index (χ4v) is 1.46. The summed E-state index contributed by atoms with van der Waals surface area (Å²) in [5.74, 6) is -0.941. The van der Waals surface area contributed by atoms with Crippen LogP contribution in [0.2, 0.25) is 0 Å². The van der Waals surface area contributed by atoms with E-state index < -0.39 is 18.1 Å². The summed E-state index contributed by atoms with van der Waals surface area (Å²) in [5.41, 5.74) is 0. The SMILES string of the molecule is CC[C@@H]1COC(=O)N1C(=O)[C@H](C)[C@H](C)O. The van der Waals surface area contributed by atoms with Gasteiger partial charge in [-0.15, -0.1) is 0 Å². The second-order valence-corrected chi connectivity index (χ2v) is 3.88. The number of nitrogens with zero attached hydrogens (tertiary/aromatic N) is 1. The minimum Gasteiger partial charge on any atom is -0.447 e. The second kappa shape index (κ2) is 4.61. The highest BCUT2D eigenvalue weighted by Gasteiger charge is 2.39. The highest BCUT2D eigenvalue weighted by atomic mass is 16.6. The standard InChI is InChI=1S/C10H17NO4/c1-4-8-5-15-10(14)11(8)9(13)6(2)7(3)12/h6-8,12H,4-5H2,1-3H3/t6-,7+,8-/m1/s1. The topological polar surface area (TPSA) is 66.8 Å². The summed E-state index contributed by atoms with van der Waals surface area (Å²) in [6.07, 6.45) is -0.688. The van der Waals surface area contributed by atoms with E-state index in [0.29, 0.717) is 6.42 Å². The Bertz CT molecular complexity index is 264. The Balaban J connectivity index is 2.76. The Kier molecular flexibility index (Phi) is 3.68. The van der Waals surface area contributed by atoms with Gasteiger partial charge in [-0.2, -0.15) is 0 Å². The molecule has 2 amide bonds. The summed E-state index contributed by atoms with van der Waals surface area (Å²) < 4.78 is 4.80. The summed E-state index contributed by atoms with van der Waals surface area (Å²) >= 11 is 0. The molecular formula is C10H17NO4. The predicted molar refractivity (Wildman–Crippen MR) is 53.1 cm³/mol. The number of imide groups is 1. The van der Waals surface area contributed by atoms with Crippen LogP contribution in [-0.4, -0.2) is 40.8 Å². The first kappa shape index (κ1) is 12.0. The van der Waals surface area contributed by atoms with Crippen LogP contribution < -0.4 is 0 Å². The van der Waals surface area contributed by atoms with E-state index in [4.69, 9.17) is 4.74 Å². The van der Waals surface area contributed by atoms with Crippen molar-refractivity contribution in [3.8, 4) is 0 Å². The summed E-state index contributed by atoms with van der Waals surface area (Å²) in [7, 11) is 0. The molecule has 1 aliphatic heterocycles. The van der Waals surface area contributed by atoms with Crippen molar-refractivity contribution in [2.75, 3.05) is 6.61 Å². The lowest BCUT2D eigenvalue weighted by Crippen LogP contribution is -2.44. The van der Waals surface area contributed by atoms with Crippen LogP contribution in [0.1, 0.15) is 27.2 Å². The highest BCUT2D eigenvalue weighted by Crippen LogP contribution is 2.19. The quantitative estimate of drug-likeness (QED) is 0.754. The summed E-state index contributed by atoms with van der Waals surface area (Å²) in [5, 5.41) is 9.30. The number of hydrogen-bond acceptors (Lipinski definition) is 4. The van der Waals surface area contributed by atoms with Gasteiger partial charge in [0, 0.05) is 0 Å². The van der Waals surface area contributed by atoms with E-state index in [1.165, 1.54) is 6.92 Å². The van der Waals surface area contributed by atoms with Crippen LogP contribution in [0, 0.1) is 5.92 Å². The van der Waals surface area contributed by atoms with Crippen LogP contribution in [-0.2, 0) is 9.53 Å². The molecular weight excluding hydrogens is 198 g/mol. The van der Waals surface area contributed by atoms with E-state index in [-0.39, 0.29) is 18.6 Å². The number of ether oxygens (including phenoxy) is 1. The smallest absolute Gasteiger partial charge is 0.416 e. The minimum atomic E-state index is -0.761. The molecule has 1 fully saturated rings. The molecule has 86 valence electrons. The molecule has 1 rings (SSSR count). The molecule has 0 saturated carbocycles. The highest BCUT2D eigenvalue weighted by molar-refractivity contribution is 5.94. The zero-order chi connectivity index (χ0) is 11.6. The van der Waals surface area contributed by atoms with Gasteiger partial charge in [0.15, 0.2) is 0 Å². The maximum atomic E-state index is 11.8. The predicted octanol–water partition coefficient (Wildman–Crippen LogP) is 0.761. The van der Waals surface area contributed by atoms with Crippen molar-refractivity contribution in [1.82, 2.24) is 4.90 Å². The van der Waals surface area contributed by atoms with Gasteiger partial charge < -0.3 is 9.84 Å². The first-order valence-corrected chi connectivity index (χ1v) is 5.16. The number of carbonyl (C=O) groups excluding carboxylic acids is 2. The lowest BCUT2D eigenvalue weighted by molar-refractivity contribution is -0.136. The molecule has 0 radical (unpaired) electrons. The molecule has 0 aliphatic carbocycles. The molecule has 5 nitrogen and oxygen atoms in total. The van der Waals surface area contributed by atoms with Crippen molar-refractivity contribution in [3.05, 3.63) is 0 Å². The first-order chi connectivity index (χ1) is 6.99. The van der Waals surface area contributed by atoms with E-state index in [0.717, 1.165) is 4.90 Å². The average molecular weight is 215 g/mol. The average Bonchev–Trinajstić information content (AvgIpc) is 2.57. The molecule has 0 aromatic heterocycles. The zero-order valence-corrected chi connectivity index (χ0v) is 9.27. The van der Waals surface area contributed by atoms with Crippen molar-refractivity contribution in [2.24, 2.45) is 5.92 Å². The molecule has 0 aromatic carbocycles. The van der Waals surface area contributed by atoms with Gasteiger partial charge in [0.2, 0.25) is 5.91 Å². The van der Waals surface area contributed by atoms with Crippen LogP contribution >= 0.6 is 0 Å². The molecule has 0 aromatic rings. The maximum Gasteiger partial charge on any atom is 0.416 e. The third-order valence-electron chi connectivity index (χ3n) is 2.78. The Morgan fingerprint density at radius 2 is 2.27 bits per heavy atom. The van der Waals surface area contributed by atoms with Crippen molar-refractivity contribution >= 4 is 12.0 Å². The number of cyclic esters (lactones) is 1. The number of aliphatic hydroxyl groups excluding tert-OH is 1. The van der Waals surface area contributed by atoms with Gasteiger partial charge in [0.25, 0.3) is 0 Å². The van der Waals surface area contributed by atoms with Crippen molar-refractivity contribution in [2.45, 2.75) is 39.3 Å². The Morgan fingerprint density at radius 1 is 1.67 bits per heavy atom. The number of aliphatic hydroxyl groups is 1. The zero-order valence-electron chi connectivity index (χ0n) is 9.27. The van der Waals surface area contributed by atoms with Gasteiger partial charge in [-0.1, -0.05) is 13.8 Å². The maximum absolute atomic E-state index is 11.8. The monoisotopic (exact) mass is 215 g/mol. The van der Waals surface area contributed by atoms with Gasteiger partial charge in [-0.25, -0.2) is 9.69 Å². The third kappa shape index (κ3) is 2.28. The fraction of sp³-hybridized carbons (Fsp3) is 0.800. The van der Waals surface area contributed by atoms with Crippen molar-refractivity contribution < 1.29 is 19.4 Å². The number of amides is 2. The largest absolute Gasteiger partial charge is 0.447 e. The lowest BCUT2D eigenvalue weighted by atomic mass is 10.0. The molecule has 1 saturated heterocycles.